The van der Waals surface area contributed by atoms with Crippen molar-refractivity contribution in [3.05, 3.63) is 39.5 Å². The van der Waals surface area contributed by atoms with Crippen LogP contribution < -0.4 is 5.32 Å². The molecule has 0 radical (unpaired) electrons. The van der Waals surface area contributed by atoms with E-state index in [1.54, 1.807) is 18.2 Å². The van der Waals surface area contributed by atoms with E-state index in [2.05, 4.69) is 21.2 Å². The van der Waals surface area contributed by atoms with Crippen molar-refractivity contribution in [2.75, 3.05) is 5.32 Å². The molecule has 0 saturated heterocycles. The van der Waals surface area contributed by atoms with Gasteiger partial charge in [-0.3, -0.25) is 10.2 Å². The molecule has 4 nitrogen and oxygen atoms in total. The summed E-state index contributed by atoms with van der Waals surface area (Å²) < 4.78 is 26.5. The summed E-state index contributed by atoms with van der Waals surface area (Å²) in [6.07, 6.45) is -2.50. The van der Waals surface area contributed by atoms with Gasteiger partial charge in [0.2, 0.25) is 0 Å². The SMILES string of the molecule is CC1(C)CC(=O)C(C(=N)C(F)F)=C(Nc2ccc(C#N)c(Br)c2)C1. The lowest BCUT2D eigenvalue weighted by Gasteiger charge is -2.32. The molecule has 0 aromatic heterocycles. The fourth-order valence-electron chi connectivity index (χ4n) is 2.71. The summed E-state index contributed by atoms with van der Waals surface area (Å²) in [6.45, 7) is 3.76. The molecule has 1 aliphatic carbocycles. The fourth-order valence-corrected chi connectivity index (χ4v) is 3.17. The number of carbonyl (C=O) groups is 1. The van der Waals surface area contributed by atoms with Crippen molar-refractivity contribution < 1.29 is 13.6 Å². The first-order valence-corrected chi connectivity index (χ1v) is 8.04. The summed E-state index contributed by atoms with van der Waals surface area (Å²) in [7, 11) is 0. The molecule has 0 spiro atoms. The van der Waals surface area contributed by atoms with Crippen LogP contribution in [0, 0.1) is 22.2 Å². The molecule has 0 amide bonds. The molecule has 1 aromatic carbocycles. The number of allylic oxidation sites excluding steroid dienone is 2. The molecule has 0 aliphatic heterocycles. The molecular formula is C17H16BrF2N3O. The Kier molecular flexibility index (Phi) is 5.19. The Morgan fingerprint density at radius 2 is 2.08 bits per heavy atom. The Morgan fingerprint density at radius 3 is 2.62 bits per heavy atom. The Hall–Kier alpha value is -2.07. The summed E-state index contributed by atoms with van der Waals surface area (Å²) in [5, 5.41) is 19.5. The zero-order valence-corrected chi connectivity index (χ0v) is 14.8. The highest BCUT2D eigenvalue weighted by Gasteiger charge is 2.36. The molecule has 1 aliphatic rings. The number of hydrogen-bond donors (Lipinski definition) is 2. The number of hydrogen-bond acceptors (Lipinski definition) is 4. The van der Waals surface area contributed by atoms with Gasteiger partial charge in [0.15, 0.2) is 5.78 Å². The number of alkyl halides is 2. The van der Waals surface area contributed by atoms with Crippen LogP contribution in [0.3, 0.4) is 0 Å². The minimum absolute atomic E-state index is 0.125. The lowest BCUT2D eigenvalue weighted by atomic mass is 9.74. The first kappa shape index (κ1) is 18.3. The van der Waals surface area contributed by atoms with Gasteiger partial charge in [-0.25, -0.2) is 8.78 Å². The number of carbonyl (C=O) groups excluding carboxylic acids is 1. The van der Waals surface area contributed by atoms with Crippen molar-refractivity contribution >= 4 is 33.1 Å². The first-order valence-electron chi connectivity index (χ1n) is 7.24. The Balaban J connectivity index is 2.46. The van der Waals surface area contributed by atoms with Gasteiger partial charge in [0.05, 0.1) is 11.1 Å². The zero-order valence-electron chi connectivity index (χ0n) is 13.2. The maximum Gasteiger partial charge on any atom is 0.280 e. The van der Waals surface area contributed by atoms with Gasteiger partial charge in [-0.1, -0.05) is 13.8 Å². The molecule has 0 heterocycles. The Labute approximate surface area is 147 Å². The quantitative estimate of drug-likeness (QED) is 0.727. The largest absolute Gasteiger partial charge is 0.358 e. The lowest BCUT2D eigenvalue weighted by molar-refractivity contribution is -0.117. The van der Waals surface area contributed by atoms with Gasteiger partial charge < -0.3 is 5.32 Å². The summed E-state index contributed by atoms with van der Waals surface area (Å²) >= 11 is 3.27. The fraction of sp³-hybridized carbons (Fsp3) is 0.353. The molecule has 2 rings (SSSR count). The van der Waals surface area contributed by atoms with Crippen molar-refractivity contribution in [2.45, 2.75) is 33.1 Å². The third-order valence-corrected chi connectivity index (χ3v) is 4.40. The van der Waals surface area contributed by atoms with Crippen LogP contribution in [0.1, 0.15) is 32.3 Å². The van der Waals surface area contributed by atoms with Crippen molar-refractivity contribution in [1.82, 2.24) is 0 Å². The van der Waals surface area contributed by atoms with E-state index in [9.17, 15) is 13.6 Å². The lowest BCUT2D eigenvalue weighted by Crippen LogP contribution is -2.33. The van der Waals surface area contributed by atoms with Gasteiger partial charge in [-0.15, -0.1) is 0 Å². The molecule has 0 bridgehead atoms. The number of ketones is 1. The van der Waals surface area contributed by atoms with Crippen molar-refractivity contribution in [3.63, 3.8) is 0 Å². The highest BCUT2D eigenvalue weighted by Crippen LogP contribution is 2.38. The average Bonchev–Trinajstić information content (AvgIpc) is 2.45. The van der Waals surface area contributed by atoms with E-state index in [0.717, 1.165) is 0 Å². The smallest absolute Gasteiger partial charge is 0.280 e. The molecule has 0 unspecified atom stereocenters. The standard InChI is InChI=1S/C17H16BrF2N3O/c1-17(2)6-12(14(13(24)7-17)15(22)16(19)20)23-10-4-3-9(8-21)11(18)5-10/h3-5,16,22-23H,6-7H2,1-2H3. The van der Waals surface area contributed by atoms with Crippen LogP contribution >= 0.6 is 15.9 Å². The van der Waals surface area contributed by atoms with E-state index in [0.29, 0.717) is 27.8 Å². The molecule has 2 N–H and O–H groups in total. The van der Waals surface area contributed by atoms with Crippen LogP contribution in [0.4, 0.5) is 14.5 Å². The highest BCUT2D eigenvalue weighted by atomic mass is 79.9. The number of nitriles is 1. The van der Waals surface area contributed by atoms with Gasteiger partial charge in [0.1, 0.15) is 11.8 Å². The Bertz CT molecular complexity index is 779. The molecule has 0 saturated carbocycles. The van der Waals surface area contributed by atoms with Crippen molar-refractivity contribution in [3.8, 4) is 6.07 Å². The summed E-state index contributed by atoms with van der Waals surface area (Å²) in [4.78, 5) is 12.3. The van der Waals surface area contributed by atoms with E-state index >= 15 is 0 Å². The number of nitrogens with one attached hydrogen (secondary N) is 2. The van der Waals surface area contributed by atoms with E-state index in [4.69, 9.17) is 10.7 Å². The molecular weight excluding hydrogens is 380 g/mol. The minimum Gasteiger partial charge on any atom is -0.358 e. The molecule has 0 atom stereocenters. The maximum absolute atomic E-state index is 13.0. The number of anilines is 1. The number of nitrogens with zero attached hydrogens (tertiary/aromatic N) is 1. The van der Waals surface area contributed by atoms with E-state index in [-0.39, 0.29) is 17.4 Å². The monoisotopic (exact) mass is 395 g/mol. The Morgan fingerprint density at radius 1 is 1.42 bits per heavy atom. The predicted molar refractivity (Wildman–Crippen MR) is 91.3 cm³/mol. The number of halogens is 3. The molecule has 1 aromatic rings. The zero-order chi connectivity index (χ0) is 18.1. The van der Waals surface area contributed by atoms with Crippen LogP contribution in [0.2, 0.25) is 0 Å². The normalized spacial score (nSPS) is 17.0. The van der Waals surface area contributed by atoms with Crippen LogP contribution in [0.25, 0.3) is 0 Å². The summed E-state index contributed by atoms with van der Waals surface area (Å²) in [5.41, 5.74) is -0.250. The van der Waals surface area contributed by atoms with Crippen molar-refractivity contribution in [1.29, 1.82) is 10.7 Å². The third-order valence-electron chi connectivity index (χ3n) is 3.75. The number of benzene rings is 1. The molecule has 126 valence electrons. The van der Waals surface area contributed by atoms with Crippen LogP contribution in [0.5, 0.6) is 0 Å². The average molecular weight is 396 g/mol. The second-order valence-corrected chi connectivity index (χ2v) is 7.29. The second kappa shape index (κ2) is 6.81. The van der Waals surface area contributed by atoms with E-state index < -0.39 is 17.9 Å². The topological polar surface area (TPSA) is 76.7 Å². The van der Waals surface area contributed by atoms with E-state index in [1.165, 1.54) is 0 Å². The van der Waals surface area contributed by atoms with Gasteiger partial charge in [-0.2, -0.15) is 5.26 Å². The highest BCUT2D eigenvalue weighted by molar-refractivity contribution is 9.10. The molecule has 24 heavy (non-hydrogen) atoms. The second-order valence-electron chi connectivity index (χ2n) is 6.44. The molecule has 0 fully saturated rings. The maximum atomic E-state index is 13.0. The van der Waals surface area contributed by atoms with Gasteiger partial charge >= 0.3 is 0 Å². The van der Waals surface area contributed by atoms with Gasteiger partial charge in [0, 0.05) is 22.3 Å². The molecule has 7 heteroatoms. The number of rotatable bonds is 4. The summed E-state index contributed by atoms with van der Waals surface area (Å²) in [6, 6.07) is 6.87. The van der Waals surface area contributed by atoms with Gasteiger partial charge in [-0.05, 0) is 46.0 Å². The van der Waals surface area contributed by atoms with Crippen LogP contribution in [-0.4, -0.2) is 17.9 Å². The van der Waals surface area contributed by atoms with Crippen LogP contribution in [0.15, 0.2) is 33.9 Å². The van der Waals surface area contributed by atoms with Gasteiger partial charge in [0.25, 0.3) is 6.43 Å². The first-order chi connectivity index (χ1) is 11.1. The third kappa shape index (κ3) is 3.88. The summed E-state index contributed by atoms with van der Waals surface area (Å²) in [5.74, 6) is -0.452. The van der Waals surface area contributed by atoms with Crippen LogP contribution in [-0.2, 0) is 4.79 Å². The number of Topliss-reactive ketones (excluding diaryl/α,β-unsaturated/α-hetero) is 1. The minimum atomic E-state index is -3.00. The van der Waals surface area contributed by atoms with Crippen molar-refractivity contribution in [2.24, 2.45) is 5.41 Å². The van der Waals surface area contributed by atoms with E-state index in [1.807, 2.05) is 19.9 Å². The predicted octanol–water partition coefficient (Wildman–Crippen LogP) is 4.66.